The van der Waals surface area contributed by atoms with Crippen LogP contribution >= 0.6 is 0 Å². The van der Waals surface area contributed by atoms with Crippen molar-refractivity contribution in [1.29, 1.82) is 0 Å². The van der Waals surface area contributed by atoms with Gasteiger partial charge in [0, 0.05) is 0 Å². The number of carbonyl (C=O) groups is 2. The van der Waals surface area contributed by atoms with E-state index in [0.29, 0.717) is 19.3 Å². The number of carbonyl (C=O) groups excluding carboxylic acids is 2. The summed E-state index contributed by atoms with van der Waals surface area (Å²) in [5, 5.41) is 0. The molecule has 0 aliphatic heterocycles. The molecule has 0 bridgehead atoms. The number of hydrogen-bond donors (Lipinski definition) is 2. The van der Waals surface area contributed by atoms with Crippen molar-refractivity contribution in [2.45, 2.75) is 25.7 Å². The fourth-order valence-corrected chi connectivity index (χ4v) is 1.81. The number of hydrogen-bond acceptors (Lipinski definition) is 6. The highest BCUT2D eigenvalue weighted by molar-refractivity contribution is 5.76. The normalized spacial score (nSPS) is 26.7. The SMILES string of the molecule is NOC(=O)C1CCCC(C(=O)ON)C1. The highest BCUT2D eigenvalue weighted by atomic mass is 16.7. The van der Waals surface area contributed by atoms with E-state index in [1.54, 1.807) is 0 Å². The van der Waals surface area contributed by atoms with Gasteiger partial charge in [0.15, 0.2) is 0 Å². The molecular formula is C8H14N2O4. The minimum Gasteiger partial charge on any atom is -0.373 e. The van der Waals surface area contributed by atoms with Crippen molar-refractivity contribution in [3.63, 3.8) is 0 Å². The number of nitrogens with two attached hydrogens (primary N) is 2. The molecule has 6 heteroatoms. The van der Waals surface area contributed by atoms with Crippen LogP contribution in [0.3, 0.4) is 0 Å². The first-order valence-electron chi connectivity index (χ1n) is 4.50. The van der Waals surface area contributed by atoms with Gasteiger partial charge in [-0.05, 0) is 19.3 Å². The molecule has 1 saturated carbocycles. The summed E-state index contributed by atoms with van der Waals surface area (Å²) in [7, 11) is 0. The minimum absolute atomic E-state index is 0.308. The third-order valence-electron chi connectivity index (χ3n) is 2.57. The van der Waals surface area contributed by atoms with Crippen molar-refractivity contribution in [1.82, 2.24) is 0 Å². The topological polar surface area (TPSA) is 105 Å². The lowest BCUT2D eigenvalue weighted by Gasteiger charge is -2.24. The molecule has 0 aromatic heterocycles. The van der Waals surface area contributed by atoms with Crippen molar-refractivity contribution in [2.24, 2.45) is 23.6 Å². The molecule has 0 heterocycles. The van der Waals surface area contributed by atoms with Crippen LogP contribution in [-0.2, 0) is 19.3 Å². The lowest BCUT2D eigenvalue weighted by Crippen LogP contribution is -2.31. The first-order valence-corrected chi connectivity index (χ1v) is 4.50. The van der Waals surface area contributed by atoms with E-state index in [2.05, 4.69) is 9.68 Å². The van der Waals surface area contributed by atoms with Gasteiger partial charge in [-0.25, -0.2) is 0 Å². The molecule has 2 unspecified atom stereocenters. The Morgan fingerprint density at radius 3 is 1.79 bits per heavy atom. The first kappa shape index (κ1) is 10.9. The molecule has 14 heavy (non-hydrogen) atoms. The average Bonchev–Trinajstić information content (AvgIpc) is 2.27. The summed E-state index contributed by atoms with van der Waals surface area (Å²) in [5.41, 5.74) is 0. The quantitative estimate of drug-likeness (QED) is 0.592. The smallest absolute Gasteiger partial charge is 0.327 e. The van der Waals surface area contributed by atoms with Gasteiger partial charge in [-0.1, -0.05) is 6.42 Å². The molecule has 0 aromatic carbocycles. The molecular weight excluding hydrogens is 188 g/mol. The van der Waals surface area contributed by atoms with Gasteiger partial charge in [0.05, 0.1) is 11.8 Å². The first-order chi connectivity index (χ1) is 6.69. The largest absolute Gasteiger partial charge is 0.373 e. The van der Waals surface area contributed by atoms with Gasteiger partial charge in [0.1, 0.15) is 0 Å². The van der Waals surface area contributed by atoms with E-state index in [1.807, 2.05) is 0 Å². The molecule has 80 valence electrons. The van der Waals surface area contributed by atoms with E-state index in [-0.39, 0.29) is 11.8 Å². The maximum Gasteiger partial charge on any atom is 0.327 e. The van der Waals surface area contributed by atoms with Crippen molar-refractivity contribution in [3.8, 4) is 0 Å². The Bertz CT molecular complexity index is 209. The Balaban J connectivity index is 2.51. The molecule has 2 atom stereocenters. The summed E-state index contributed by atoms with van der Waals surface area (Å²) < 4.78 is 0. The summed E-state index contributed by atoms with van der Waals surface area (Å²) in [6, 6.07) is 0. The third-order valence-corrected chi connectivity index (χ3v) is 2.57. The van der Waals surface area contributed by atoms with Crippen LogP contribution in [0, 0.1) is 11.8 Å². The Labute approximate surface area is 81.4 Å². The molecule has 0 saturated heterocycles. The van der Waals surface area contributed by atoms with E-state index in [9.17, 15) is 9.59 Å². The molecule has 1 fully saturated rings. The second kappa shape index (κ2) is 4.92. The molecule has 0 aromatic rings. The fourth-order valence-electron chi connectivity index (χ4n) is 1.81. The van der Waals surface area contributed by atoms with Crippen LogP contribution in [0.25, 0.3) is 0 Å². The minimum atomic E-state index is -0.473. The fraction of sp³-hybridized carbons (Fsp3) is 0.750. The molecule has 0 radical (unpaired) electrons. The zero-order chi connectivity index (χ0) is 10.6. The maximum atomic E-state index is 11.1. The van der Waals surface area contributed by atoms with Crippen molar-refractivity contribution in [2.75, 3.05) is 0 Å². The van der Waals surface area contributed by atoms with E-state index in [1.165, 1.54) is 0 Å². The summed E-state index contributed by atoms with van der Waals surface area (Å²) in [4.78, 5) is 30.4. The van der Waals surface area contributed by atoms with Crippen molar-refractivity contribution < 1.29 is 19.3 Å². The summed E-state index contributed by atoms with van der Waals surface area (Å²) in [5.74, 6) is 7.97. The van der Waals surface area contributed by atoms with Crippen molar-refractivity contribution in [3.05, 3.63) is 0 Å². The lowest BCUT2D eigenvalue weighted by atomic mass is 9.81. The van der Waals surface area contributed by atoms with Gasteiger partial charge in [-0.15, -0.1) is 0 Å². The second-order valence-electron chi connectivity index (χ2n) is 3.43. The van der Waals surface area contributed by atoms with Crippen LogP contribution in [0.15, 0.2) is 0 Å². The Kier molecular flexibility index (Phi) is 3.84. The van der Waals surface area contributed by atoms with Gasteiger partial charge in [0.25, 0.3) is 0 Å². The van der Waals surface area contributed by atoms with E-state index >= 15 is 0 Å². The second-order valence-corrected chi connectivity index (χ2v) is 3.43. The Morgan fingerprint density at radius 2 is 1.43 bits per heavy atom. The molecule has 6 nitrogen and oxygen atoms in total. The maximum absolute atomic E-state index is 11.1. The van der Waals surface area contributed by atoms with E-state index < -0.39 is 11.9 Å². The standard InChI is InChI=1S/C8H14N2O4/c9-13-7(11)5-2-1-3-6(4-5)8(12)14-10/h5-6H,1-4,9-10H2. The van der Waals surface area contributed by atoms with Gasteiger partial charge < -0.3 is 9.68 Å². The van der Waals surface area contributed by atoms with Crippen LogP contribution < -0.4 is 11.8 Å². The molecule has 4 N–H and O–H groups in total. The van der Waals surface area contributed by atoms with E-state index in [4.69, 9.17) is 11.8 Å². The van der Waals surface area contributed by atoms with Crippen LogP contribution in [0.4, 0.5) is 0 Å². The van der Waals surface area contributed by atoms with Gasteiger partial charge in [0.2, 0.25) is 0 Å². The Morgan fingerprint density at radius 1 is 1.00 bits per heavy atom. The lowest BCUT2D eigenvalue weighted by molar-refractivity contribution is -0.155. The van der Waals surface area contributed by atoms with E-state index in [0.717, 1.165) is 6.42 Å². The predicted octanol–water partition coefficient (Wildman–Crippen LogP) is -0.373. The third kappa shape index (κ3) is 2.43. The highest BCUT2D eigenvalue weighted by Crippen LogP contribution is 2.30. The predicted molar refractivity (Wildman–Crippen MR) is 46.0 cm³/mol. The average molecular weight is 202 g/mol. The molecule has 1 rings (SSSR count). The van der Waals surface area contributed by atoms with Crippen LogP contribution in [0.5, 0.6) is 0 Å². The summed E-state index contributed by atoms with van der Waals surface area (Å²) in [6.45, 7) is 0. The zero-order valence-electron chi connectivity index (χ0n) is 7.77. The summed E-state index contributed by atoms with van der Waals surface area (Å²) in [6.07, 6.45) is 2.58. The van der Waals surface area contributed by atoms with Gasteiger partial charge in [-0.3, -0.25) is 9.59 Å². The summed E-state index contributed by atoms with van der Waals surface area (Å²) >= 11 is 0. The van der Waals surface area contributed by atoms with Crippen molar-refractivity contribution >= 4 is 11.9 Å². The van der Waals surface area contributed by atoms with Crippen LogP contribution in [0.1, 0.15) is 25.7 Å². The molecule has 1 aliphatic rings. The van der Waals surface area contributed by atoms with Crippen LogP contribution in [-0.4, -0.2) is 11.9 Å². The number of rotatable bonds is 2. The molecule has 0 amide bonds. The van der Waals surface area contributed by atoms with Gasteiger partial charge >= 0.3 is 11.9 Å². The van der Waals surface area contributed by atoms with Gasteiger partial charge in [-0.2, -0.15) is 11.8 Å². The van der Waals surface area contributed by atoms with Crippen LogP contribution in [0.2, 0.25) is 0 Å². The molecule has 0 spiro atoms. The Hall–Kier alpha value is -1.14. The monoisotopic (exact) mass is 202 g/mol. The molecule has 1 aliphatic carbocycles. The highest BCUT2D eigenvalue weighted by Gasteiger charge is 2.32. The zero-order valence-corrected chi connectivity index (χ0v) is 7.77.